The van der Waals surface area contributed by atoms with Crippen molar-refractivity contribution in [3.8, 4) is 0 Å². The van der Waals surface area contributed by atoms with Crippen LogP contribution in [0.5, 0.6) is 0 Å². The molecule has 0 aliphatic carbocycles. The van der Waals surface area contributed by atoms with Gasteiger partial charge in [0.1, 0.15) is 0 Å². The number of aromatic nitrogens is 1. The molecule has 2 heterocycles. The third-order valence-corrected chi connectivity index (χ3v) is 3.39. The number of hydrogen-bond donors (Lipinski definition) is 2. The molecule has 2 heteroatoms. The van der Waals surface area contributed by atoms with Crippen molar-refractivity contribution in [2.24, 2.45) is 0 Å². The van der Waals surface area contributed by atoms with E-state index in [0.29, 0.717) is 5.92 Å². The molecule has 1 atom stereocenters. The normalized spacial score (nSPS) is 21.3. The molecule has 0 amide bonds. The Hall–Kier alpha value is -1.28. The lowest BCUT2D eigenvalue weighted by Gasteiger charge is -2.03. The molecule has 1 saturated heterocycles. The average Bonchev–Trinajstić information content (AvgIpc) is 2.86. The van der Waals surface area contributed by atoms with E-state index in [0.717, 1.165) is 13.1 Å². The average molecular weight is 200 g/mol. The van der Waals surface area contributed by atoms with Crippen LogP contribution < -0.4 is 5.32 Å². The van der Waals surface area contributed by atoms with Gasteiger partial charge in [0.25, 0.3) is 0 Å². The van der Waals surface area contributed by atoms with E-state index in [9.17, 15) is 0 Å². The largest absolute Gasteiger partial charge is 0.358 e. The van der Waals surface area contributed by atoms with Gasteiger partial charge in [-0.05, 0) is 36.9 Å². The molecule has 1 aliphatic rings. The van der Waals surface area contributed by atoms with Crippen LogP contribution in [-0.4, -0.2) is 18.1 Å². The predicted molar refractivity (Wildman–Crippen MR) is 63.3 cm³/mol. The van der Waals surface area contributed by atoms with Gasteiger partial charge in [0.2, 0.25) is 0 Å². The summed E-state index contributed by atoms with van der Waals surface area (Å²) >= 11 is 0. The quantitative estimate of drug-likeness (QED) is 0.727. The molecule has 2 aromatic rings. The van der Waals surface area contributed by atoms with Gasteiger partial charge >= 0.3 is 0 Å². The van der Waals surface area contributed by atoms with Gasteiger partial charge in [-0.3, -0.25) is 0 Å². The molecule has 15 heavy (non-hydrogen) atoms. The molecule has 78 valence electrons. The summed E-state index contributed by atoms with van der Waals surface area (Å²) < 4.78 is 0. The number of rotatable bonds is 1. The molecule has 2 N–H and O–H groups in total. The third kappa shape index (κ3) is 1.45. The molecule has 0 saturated carbocycles. The second-order valence-electron chi connectivity index (χ2n) is 4.45. The van der Waals surface area contributed by atoms with Crippen molar-refractivity contribution < 1.29 is 0 Å². The van der Waals surface area contributed by atoms with E-state index in [1.165, 1.54) is 28.6 Å². The lowest BCUT2D eigenvalue weighted by atomic mass is 10.1. The highest BCUT2D eigenvalue weighted by molar-refractivity contribution is 5.83. The standard InChI is InChI=1S/C13H16N2/c1-9-3-2-4-10-7-12(15-13(9)10)11-5-6-14-8-11/h2-4,7,11,14-15H,5-6,8H2,1H3/t11-/m1/s1. The number of aromatic amines is 1. The topological polar surface area (TPSA) is 27.8 Å². The van der Waals surface area contributed by atoms with Gasteiger partial charge in [0, 0.05) is 23.7 Å². The van der Waals surface area contributed by atoms with Crippen LogP contribution >= 0.6 is 0 Å². The summed E-state index contributed by atoms with van der Waals surface area (Å²) in [5.74, 6) is 0.678. The maximum absolute atomic E-state index is 3.57. The highest BCUT2D eigenvalue weighted by atomic mass is 14.9. The number of para-hydroxylation sites is 1. The minimum atomic E-state index is 0.678. The fourth-order valence-electron chi connectivity index (χ4n) is 2.47. The Bertz CT molecular complexity index is 478. The van der Waals surface area contributed by atoms with Crippen molar-refractivity contribution >= 4 is 10.9 Å². The molecular weight excluding hydrogens is 184 g/mol. The van der Waals surface area contributed by atoms with Crippen LogP contribution in [0.25, 0.3) is 10.9 Å². The number of nitrogens with one attached hydrogen (secondary N) is 2. The number of hydrogen-bond acceptors (Lipinski definition) is 1. The van der Waals surface area contributed by atoms with E-state index in [-0.39, 0.29) is 0 Å². The van der Waals surface area contributed by atoms with Crippen LogP contribution in [0.2, 0.25) is 0 Å². The van der Waals surface area contributed by atoms with Crippen molar-refractivity contribution in [1.29, 1.82) is 0 Å². The van der Waals surface area contributed by atoms with Crippen LogP contribution in [0.3, 0.4) is 0 Å². The van der Waals surface area contributed by atoms with E-state index in [4.69, 9.17) is 0 Å². The minimum Gasteiger partial charge on any atom is -0.358 e. The van der Waals surface area contributed by atoms with Gasteiger partial charge in [-0.2, -0.15) is 0 Å². The van der Waals surface area contributed by atoms with Gasteiger partial charge in [0.15, 0.2) is 0 Å². The summed E-state index contributed by atoms with van der Waals surface area (Å²) in [6.45, 7) is 4.43. The molecule has 1 fully saturated rings. The SMILES string of the molecule is Cc1cccc2cc([C@@H]3CCNC3)[nH]c12. The Balaban J connectivity index is 2.09. The zero-order valence-electron chi connectivity index (χ0n) is 9.01. The highest BCUT2D eigenvalue weighted by Gasteiger charge is 2.18. The highest BCUT2D eigenvalue weighted by Crippen LogP contribution is 2.26. The number of aryl methyl sites for hydroxylation is 1. The molecule has 1 aromatic carbocycles. The van der Waals surface area contributed by atoms with E-state index < -0.39 is 0 Å². The first-order chi connectivity index (χ1) is 7.34. The fraction of sp³-hybridized carbons (Fsp3) is 0.385. The number of H-pyrrole nitrogens is 1. The Labute approximate surface area is 89.7 Å². The Morgan fingerprint density at radius 1 is 1.33 bits per heavy atom. The molecule has 1 aromatic heterocycles. The van der Waals surface area contributed by atoms with Crippen LogP contribution in [0.4, 0.5) is 0 Å². The molecule has 0 spiro atoms. The maximum Gasteiger partial charge on any atom is 0.0485 e. The number of benzene rings is 1. The summed E-state index contributed by atoms with van der Waals surface area (Å²) in [4.78, 5) is 3.57. The van der Waals surface area contributed by atoms with Gasteiger partial charge in [-0.15, -0.1) is 0 Å². The number of fused-ring (bicyclic) bond motifs is 1. The molecule has 0 unspecified atom stereocenters. The Morgan fingerprint density at radius 3 is 3.00 bits per heavy atom. The zero-order chi connectivity index (χ0) is 10.3. The van der Waals surface area contributed by atoms with E-state index in [1.807, 2.05) is 0 Å². The summed E-state index contributed by atoms with van der Waals surface area (Å²) in [5.41, 5.74) is 4.04. The van der Waals surface area contributed by atoms with Gasteiger partial charge in [-0.1, -0.05) is 18.2 Å². The van der Waals surface area contributed by atoms with Crippen LogP contribution in [0, 0.1) is 6.92 Å². The minimum absolute atomic E-state index is 0.678. The van der Waals surface area contributed by atoms with E-state index in [2.05, 4.69) is 41.5 Å². The first kappa shape index (κ1) is 8.98. The van der Waals surface area contributed by atoms with Gasteiger partial charge in [0.05, 0.1) is 0 Å². The van der Waals surface area contributed by atoms with Crippen molar-refractivity contribution in [1.82, 2.24) is 10.3 Å². The van der Waals surface area contributed by atoms with Crippen LogP contribution in [-0.2, 0) is 0 Å². The summed E-state index contributed by atoms with van der Waals surface area (Å²) in [6.07, 6.45) is 1.26. The molecule has 2 nitrogen and oxygen atoms in total. The Kier molecular flexibility index (Phi) is 2.03. The Morgan fingerprint density at radius 2 is 2.27 bits per heavy atom. The lowest BCUT2D eigenvalue weighted by molar-refractivity contribution is 0.743. The maximum atomic E-state index is 3.57. The first-order valence-corrected chi connectivity index (χ1v) is 5.63. The summed E-state index contributed by atoms with van der Waals surface area (Å²) in [5, 5.41) is 4.75. The second kappa shape index (κ2) is 3.38. The summed E-state index contributed by atoms with van der Waals surface area (Å²) in [7, 11) is 0. The predicted octanol–water partition coefficient (Wildman–Crippen LogP) is 2.55. The first-order valence-electron chi connectivity index (χ1n) is 5.63. The van der Waals surface area contributed by atoms with E-state index in [1.54, 1.807) is 0 Å². The van der Waals surface area contributed by atoms with Crippen molar-refractivity contribution in [2.45, 2.75) is 19.3 Å². The van der Waals surface area contributed by atoms with Crippen LogP contribution in [0.1, 0.15) is 23.6 Å². The monoisotopic (exact) mass is 200 g/mol. The smallest absolute Gasteiger partial charge is 0.0485 e. The van der Waals surface area contributed by atoms with Crippen molar-refractivity contribution in [2.75, 3.05) is 13.1 Å². The lowest BCUT2D eigenvalue weighted by Crippen LogP contribution is -2.07. The molecule has 0 bridgehead atoms. The third-order valence-electron chi connectivity index (χ3n) is 3.39. The fourth-order valence-corrected chi connectivity index (χ4v) is 2.47. The van der Waals surface area contributed by atoms with Crippen molar-refractivity contribution in [3.05, 3.63) is 35.5 Å². The molecule has 1 aliphatic heterocycles. The zero-order valence-corrected chi connectivity index (χ0v) is 9.01. The van der Waals surface area contributed by atoms with Crippen molar-refractivity contribution in [3.63, 3.8) is 0 Å². The van der Waals surface area contributed by atoms with Gasteiger partial charge in [-0.25, -0.2) is 0 Å². The van der Waals surface area contributed by atoms with Crippen LogP contribution in [0.15, 0.2) is 24.3 Å². The van der Waals surface area contributed by atoms with E-state index >= 15 is 0 Å². The molecular formula is C13H16N2. The van der Waals surface area contributed by atoms with Gasteiger partial charge < -0.3 is 10.3 Å². The second-order valence-corrected chi connectivity index (χ2v) is 4.45. The molecule has 3 rings (SSSR count). The summed E-state index contributed by atoms with van der Waals surface area (Å²) in [6, 6.07) is 8.78. The molecule has 0 radical (unpaired) electrons.